The van der Waals surface area contributed by atoms with Crippen LogP contribution in [-0.2, 0) is 32.5 Å². The predicted molar refractivity (Wildman–Crippen MR) is 325 cm³/mol. The van der Waals surface area contributed by atoms with Gasteiger partial charge in [-0.25, -0.2) is 0 Å². The van der Waals surface area contributed by atoms with Crippen LogP contribution in [0.25, 0.3) is 11.1 Å². The predicted octanol–water partition coefficient (Wildman–Crippen LogP) is 18.9. The molecule has 3 aliphatic carbocycles. The number of hydrogen-bond donors (Lipinski definition) is 0. The van der Waals surface area contributed by atoms with Crippen LogP contribution < -0.4 is 15.8 Å². The van der Waals surface area contributed by atoms with Crippen molar-refractivity contribution >= 4 is 46.5 Å². The van der Waals surface area contributed by atoms with E-state index in [1.807, 2.05) is 0 Å². The zero-order chi connectivity index (χ0) is 53.2. The molecule has 11 rings (SSSR count). The van der Waals surface area contributed by atoms with Gasteiger partial charge in [-0.05, 0) is 229 Å². The zero-order valence-electron chi connectivity index (χ0n) is 49.4. The second-order valence-electron chi connectivity index (χ2n) is 29.9. The highest BCUT2D eigenvalue weighted by atomic mass is 32.2. The fourth-order valence-corrected chi connectivity index (χ4v) is 17.2. The summed E-state index contributed by atoms with van der Waals surface area (Å²) in [6.45, 7) is 47.3. The summed E-state index contributed by atoms with van der Waals surface area (Å²) in [7, 11) is 0. The van der Waals surface area contributed by atoms with Crippen LogP contribution in [0.15, 0.2) is 101 Å². The molecule has 388 valence electrons. The Kier molecular flexibility index (Phi) is 12.0. The smallest absolute Gasteiger partial charge is 0.229 e. The van der Waals surface area contributed by atoms with E-state index in [-0.39, 0.29) is 50.5 Å². The van der Waals surface area contributed by atoms with E-state index in [4.69, 9.17) is 0 Å². The van der Waals surface area contributed by atoms with E-state index in [9.17, 15) is 0 Å². The summed E-state index contributed by atoms with van der Waals surface area (Å²) in [6.07, 6.45) is 15.7. The molecule has 6 aliphatic rings. The highest BCUT2D eigenvalue weighted by Crippen LogP contribution is 2.63. The molecule has 0 saturated heterocycles. The molecular formula is C71H90BNS. The van der Waals surface area contributed by atoms with E-state index in [1.165, 1.54) is 94.5 Å². The molecule has 74 heavy (non-hydrogen) atoms. The lowest BCUT2D eigenvalue weighted by molar-refractivity contribution is 0.330. The number of aryl methyl sites for hydroxylation is 2. The van der Waals surface area contributed by atoms with Gasteiger partial charge in [0, 0.05) is 27.0 Å². The molecule has 0 fully saturated rings. The number of anilines is 3. The Hall–Kier alpha value is -4.21. The Morgan fingerprint density at radius 1 is 0.622 bits per heavy atom. The molecule has 3 aliphatic heterocycles. The maximum Gasteiger partial charge on any atom is 0.229 e. The lowest BCUT2D eigenvalue weighted by Gasteiger charge is -2.50. The Bertz CT molecular complexity index is 3190. The number of rotatable bonds is 6. The summed E-state index contributed by atoms with van der Waals surface area (Å²) in [5.74, 6) is 0.941. The van der Waals surface area contributed by atoms with Gasteiger partial charge in [-0.3, -0.25) is 0 Å². The number of fused-ring (bicyclic) bond motifs is 9. The molecule has 0 bridgehead atoms. The molecule has 0 N–H and O–H groups in total. The first kappa shape index (κ1) is 51.9. The van der Waals surface area contributed by atoms with Gasteiger partial charge in [0.25, 0.3) is 0 Å². The van der Waals surface area contributed by atoms with Gasteiger partial charge in [-0.15, -0.1) is 11.8 Å². The highest BCUT2D eigenvalue weighted by Gasteiger charge is 2.57. The maximum atomic E-state index is 2.85. The van der Waals surface area contributed by atoms with Crippen molar-refractivity contribution in [3.8, 4) is 11.1 Å². The van der Waals surface area contributed by atoms with Crippen LogP contribution in [0.3, 0.4) is 0 Å². The summed E-state index contributed by atoms with van der Waals surface area (Å²) >= 11 is 2.26. The van der Waals surface area contributed by atoms with Gasteiger partial charge in [-0.2, -0.15) is 0 Å². The van der Waals surface area contributed by atoms with Gasteiger partial charge < -0.3 is 4.90 Å². The zero-order valence-corrected chi connectivity index (χ0v) is 50.2. The van der Waals surface area contributed by atoms with Crippen LogP contribution in [0.4, 0.5) is 17.1 Å². The van der Waals surface area contributed by atoms with Crippen LogP contribution in [-0.4, -0.2) is 11.9 Å². The van der Waals surface area contributed by atoms with Crippen molar-refractivity contribution < 1.29 is 0 Å². The average Bonchev–Trinajstić information content (AvgIpc) is 3.69. The van der Waals surface area contributed by atoms with E-state index >= 15 is 0 Å². The minimum Gasteiger partial charge on any atom is -0.311 e. The Balaban J connectivity index is 1.26. The Morgan fingerprint density at radius 3 is 1.69 bits per heavy atom. The van der Waals surface area contributed by atoms with Gasteiger partial charge in [0.05, 0.1) is 5.69 Å². The number of nitrogens with zero attached hydrogens (tertiary/aromatic N) is 1. The van der Waals surface area contributed by atoms with Crippen LogP contribution in [0.2, 0.25) is 0 Å². The molecule has 0 radical (unpaired) electrons. The van der Waals surface area contributed by atoms with Crippen LogP contribution in [0.1, 0.15) is 230 Å². The van der Waals surface area contributed by atoms with Crippen molar-refractivity contribution in [1.29, 1.82) is 0 Å². The Morgan fingerprint density at radius 2 is 1.14 bits per heavy atom. The third-order valence-electron chi connectivity index (χ3n) is 20.6. The van der Waals surface area contributed by atoms with E-state index in [0.717, 1.165) is 6.42 Å². The quantitative estimate of drug-likeness (QED) is 0.123. The van der Waals surface area contributed by atoms with Gasteiger partial charge in [-0.1, -0.05) is 171 Å². The van der Waals surface area contributed by atoms with Crippen LogP contribution >= 0.6 is 11.8 Å². The lowest BCUT2D eigenvalue weighted by atomic mass is 9.30. The molecular weight excluding hydrogens is 910 g/mol. The van der Waals surface area contributed by atoms with Gasteiger partial charge >= 0.3 is 0 Å². The lowest BCUT2D eigenvalue weighted by Crippen LogP contribution is -2.62. The minimum atomic E-state index is 0.0463. The first-order valence-corrected chi connectivity index (χ1v) is 29.9. The summed E-state index contributed by atoms with van der Waals surface area (Å²) in [5.41, 5.74) is 27.5. The second-order valence-corrected chi connectivity index (χ2v) is 31.1. The van der Waals surface area contributed by atoms with Crippen molar-refractivity contribution in [2.45, 2.75) is 231 Å². The standard InChI is InChI=1S/C71H90BNS/c1-20-45(25-23-27-65(5,6)7)44(4)61-49-34-42(2)35-59-63(49)72(64-62(61)48-37-51-55(41-60(48)74-64)71(18,19)33-29-67(51,10)11)56-38-52-54(70(16,17)32-30-68(52,12)13)40-58(56)73(59)57-39-53-50(66(8,9)28-31-69(53,14)15)36-47(57)46-26-22-21-24-43(46)3/h20-26,34-41,44,61-62,64H,27-33H2,1-19H3/b25-23-,45-20+. The summed E-state index contributed by atoms with van der Waals surface area (Å²) in [6, 6.07) is 31.0. The molecule has 0 saturated carbocycles. The SMILES string of the molecule is C/C=C(\C=C/CC(C)(C)C)C(C)C1c2cc(C)cc3c2B(c2cc4c(cc2N3c2cc3c(cc2-c2ccccc2C)C(C)(C)CCC3(C)C)C(C)(C)CCC4(C)C)C2Sc3cc4c(cc3C21)C(C)(C)CCC4(C)C. The highest BCUT2D eigenvalue weighted by molar-refractivity contribution is 8.02. The van der Waals surface area contributed by atoms with E-state index < -0.39 is 0 Å². The molecule has 3 heteroatoms. The number of benzene rings is 5. The molecule has 1 nitrogen and oxygen atoms in total. The topological polar surface area (TPSA) is 3.24 Å². The van der Waals surface area contributed by atoms with Gasteiger partial charge in [0.2, 0.25) is 6.71 Å². The monoisotopic (exact) mass is 1000 g/mol. The van der Waals surface area contributed by atoms with Crippen molar-refractivity contribution in [3.63, 3.8) is 0 Å². The number of thioether (sulfide) groups is 1. The van der Waals surface area contributed by atoms with Gasteiger partial charge in [0.15, 0.2) is 0 Å². The van der Waals surface area contributed by atoms with Crippen molar-refractivity contribution in [2.24, 2.45) is 11.3 Å². The first-order valence-electron chi connectivity index (χ1n) is 29.0. The van der Waals surface area contributed by atoms with Crippen molar-refractivity contribution in [3.05, 3.63) is 152 Å². The van der Waals surface area contributed by atoms with Crippen molar-refractivity contribution in [1.82, 2.24) is 0 Å². The normalized spacial score (nSPS) is 24.5. The molecule has 5 aromatic carbocycles. The summed E-state index contributed by atoms with van der Waals surface area (Å²) < 4.78 is 0. The third kappa shape index (κ3) is 8.14. The fourth-order valence-electron chi connectivity index (χ4n) is 15.5. The molecule has 4 atom stereocenters. The first-order chi connectivity index (χ1) is 34.5. The van der Waals surface area contributed by atoms with E-state index in [2.05, 4.69) is 239 Å². The molecule has 5 aromatic rings. The molecule has 4 unspecified atom stereocenters. The largest absolute Gasteiger partial charge is 0.311 e. The summed E-state index contributed by atoms with van der Waals surface area (Å²) in [5, 5.41) is 0.343. The second kappa shape index (κ2) is 17.1. The maximum absolute atomic E-state index is 2.85. The summed E-state index contributed by atoms with van der Waals surface area (Å²) in [4.78, 5) is 4.40. The average molecular weight is 1000 g/mol. The molecule has 3 heterocycles. The van der Waals surface area contributed by atoms with Crippen LogP contribution in [0, 0.1) is 25.2 Å². The Labute approximate surface area is 454 Å². The number of hydrogen-bond acceptors (Lipinski definition) is 2. The van der Waals surface area contributed by atoms with Gasteiger partial charge in [0.1, 0.15) is 0 Å². The van der Waals surface area contributed by atoms with E-state index in [0.29, 0.717) is 17.0 Å². The van der Waals surface area contributed by atoms with E-state index in [1.54, 1.807) is 49.2 Å². The van der Waals surface area contributed by atoms with Crippen molar-refractivity contribution in [2.75, 3.05) is 4.90 Å². The van der Waals surface area contributed by atoms with Crippen LogP contribution in [0.5, 0.6) is 0 Å². The minimum absolute atomic E-state index is 0.0463. The molecule has 0 amide bonds. The molecule has 0 spiro atoms. The fraction of sp³-hybridized carbons (Fsp3) is 0.521. The number of allylic oxidation sites excluding steroid dienone is 4. The third-order valence-corrected chi connectivity index (χ3v) is 22.0. The molecule has 0 aromatic heterocycles.